The van der Waals surface area contributed by atoms with Crippen LogP contribution in [0.4, 0.5) is 29.5 Å². The molecule has 4 rings (SSSR count). The van der Waals surface area contributed by atoms with Crippen LogP contribution in [0.5, 0.6) is 0 Å². The van der Waals surface area contributed by atoms with Crippen LogP contribution in [0.3, 0.4) is 0 Å². The molecule has 1 aromatic heterocycles. The van der Waals surface area contributed by atoms with E-state index in [1.807, 2.05) is 6.07 Å². The molecule has 0 saturated carbocycles. The van der Waals surface area contributed by atoms with Gasteiger partial charge < -0.3 is 16.0 Å². The zero-order chi connectivity index (χ0) is 25.5. The number of hydrogen-bond donors (Lipinski definition) is 4. The maximum absolute atomic E-state index is 13.5. The molecule has 0 bridgehead atoms. The van der Waals surface area contributed by atoms with Crippen molar-refractivity contribution in [3.8, 4) is 0 Å². The molecule has 0 aliphatic carbocycles. The van der Waals surface area contributed by atoms with E-state index in [-0.39, 0.29) is 23.7 Å². The summed E-state index contributed by atoms with van der Waals surface area (Å²) in [4.78, 5) is 25.0. The van der Waals surface area contributed by atoms with Crippen molar-refractivity contribution in [1.82, 2.24) is 15.9 Å². The highest BCUT2D eigenvalue weighted by Crippen LogP contribution is 2.32. The number of rotatable bonds is 7. The van der Waals surface area contributed by atoms with E-state index >= 15 is 0 Å². The number of nitrogens with zero attached hydrogens (tertiary/aromatic N) is 2. The van der Waals surface area contributed by atoms with E-state index in [2.05, 4.69) is 26.5 Å². The lowest BCUT2D eigenvalue weighted by Gasteiger charge is -2.18. The molecule has 9 nitrogen and oxygen atoms in total. The van der Waals surface area contributed by atoms with Crippen molar-refractivity contribution >= 4 is 23.5 Å². The SMILES string of the molecule is O=C(Nc1cc(C(=O)NCc2ccccc2)cc(C(F)(F)F)c1)Nc1c[n+](CC2CCNCC2)no1. The highest BCUT2D eigenvalue weighted by molar-refractivity contribution is 6.01. The van der Waals surface area contributed by atoms with E-state index in [1.165, 1.54) is 12.3 Å². The van der Waals surface area contributed by atoms with Crippen LogP contribution in [0.2, 0.25) is 0 Å². The maximum Gasteiger partial charge on any atom is 0.416 e. The van der Waals surface area contributed by atoms with E-state index in [4.69, 9.17) is 4.52 Å². The summed E-state index contributed by atoms with van der Waals surface area (Å²) < 4.78 is 47.0. The number of alkyl halides is 3. The van der Waals surface area contributed by atoms with Gasteiger partial charge in [0.15, 0.2) is 6.54 Å². The summed E-state index contributed by atoms with van der Waals surface area (Å²) >= 11 is 0. The Hall–Kier alpha value is -3.93. The van der Waals surface area contributed by atoms with Crippen LogP contribution in [-0.4, -0.2) is 30.3 Å². The molecule has 2 heterocycles. The largest absolute Gasteiger partial charge is 0.416 e. The minimum atomic E-state index is -4.71. The number of aromatic nitrogens is 2. The van der Waals surface area contributed by atoms with Gasteiger partial charge >= 0.3 is 18.1 Å². The van der Waals surface area contributed by atoms with Crippen LogP contribution in [0, 0.1) is 5.92 Å². The standard InChI is InChI=1S/C24H25F3N6O3/c25-24(26,27)19-10-18(22(34)29-13-16-4-2-1-3-5-16)11-20(12-19)30-23(35)31-21-15-33(32-36-21)14-17-6-8-28-9-7-17/h1-5,10-12,15,17,28H,6-9,13-14H2,(H2-,29,30,31,32,34,35)/p+1. The minimum Gasteiger partial charge on any atom is -0.348 e. The topological polar surface area (TPSA) is 112 Å². The lowest BCUT2D eigenvalue weighted by molar-refractivity contribution is -0.767. The Morgan fingerprint density at radius 3 is 2.56 bits per heavy atom. The van der Waals surface area contributed by atoms with Crippen molar-refractivity contribution in [2.75, 3.05) is 23.7 Å². The molecule has 0 unspecified atom stereocenters. The van der Waals surface area contributed by atoms with Crippen molar-refractivity contribution in [2.45, 2.75) is 32.1 Å². The fraction of sp³-hybridized carbons (Fsp3) is 0.333. The van der Waals surface area contributed by atoms with Gasteiger partial charge in [-0.1, -0.05) is 35.0 Å². The molecule has 1 aliphatic rings. The molecule has 0 spiro atoms. The Balaban J connectivity index is 1.41. The van der Waals surface area contributed by atoms with Crippen molar-refractivity contribution in [1.29, 1.82) is 0 Å². The van der Waals surface area contributed by atoms with E-state index in [9.17, 15) is 22.8 Å². The van der Waals surface area contributed by atoms with Crippen LogP contribution >= 0.6 is 0 Å². The van der Waals surface area contributed by atoms with Gasteiger partial charge in [-0.2, -0.15) is 13.2 Å². The third kappa shape index (κ3) is 7.04. The average molecular weight is 504 g/mol. The van der Waals surface area contributed by atoms with Crippen LogP contribution in [0.1, 0.15) is 34.3 Å². The first kappa shape index (κ1) is 25.2. The average Bonchev–Trinajstić information content (AvgIpc) is 3.29. The molecular weight excluding hydrogens is 477 g/mol. The second-order valence-electron chi connectivity index (χ2n) is 8.53. The van der Waals surface area contributed by atoms with Gasteiger partial charge in [0.25, 0.3) is 12.1 Å². The summed E-state index contributed by atoms with van der Waals surface area (Å²) in [5.41, 5.74) is -0.713. The summed E-state index contributed by atoms with van der Waals surface area (Å²) in [6, 6.07) is 10.8. The highest BCUT2D eigenvalue weighted by Gasteiger charge is 2.32. The summed E-state index contributed by atoms with van der Waals surface area (Å²) in [6.07, 6.45) is -1.20. The summed E-state index contributed by atoms with van der Waals surface area (Å²) in [7, 11) is 0. The number of urea groups is 1. The van der Waals surface area contributed by atoms with Crippen molar-refractivity contribution in [3.05, 3.63) is 71.4 Å². The van der Waals surface area contributed by atoms with Crippen LogP contribution in [0.25, 0.3) is 0 Å². The molecule has 1 fully saturated rings. The molecule has 2 aromatic carbocycles. The van der Waals surface area contributed by atoms with Crippen molar-refractivity contribution < 1.29 is 32.0 Å². The van der Waals surface area contributed by atoms with Gasteiger partial charge in [0.05, 0.1) is 5.56 Å². The molecule has 190 valence electrons. The highest BCUT2D eigenvalue weighted by atomic mass is 19.4. The summed E-state index contributed by atoms with van der Waals surface area (Å²) in [6.45, 7) is 2.63. The zero-order valence-corrected chi connectivity index (χ0v) is 19.3. The lowest BCUT2D eigenvalue weighted by Crippen LogP contribution is -2.42. The molecule has 1 aliphatic heterocycles. The predicted octanol–water partition coefficient (Wildman–Crippen LogP) is 3.55. The number of piperidine rings is 1. The Labute approximate surface area is 205 Å². The first-order valence-electron chi connectivity index (χ1n) is 11.5. The first-order valence-corrected chi connectivity index (χ1v) is 11.5. The quantitative estimate of drug-likeness (QED) is 0.369. The third-order valence-electron chi connectivity index (χ3n) is 5.73. The Morgan fingerprint density at radius 1 is 1.08 bits per heavy atom. The fourth-order valence-electron chi connectivity index (χ4n) is 3.90. The van der Waals surface area contributed by atoms with Crippen LogP contribution < -0.4 is 25.9 Å². The Bertz CT molecular complexity index is 1190. The number of benzene rings is 2. The molecule has 4 N–H and O–H groups in total. The number of carbonyl (C=O) groups excluding carboxylic acids is 2. The van der Waals surface area contributed by atoms with Crippen molar-refractivity contribution in [2.24, 2.45) is 5.92 Å². The van der Waals surface area contributed by atoms with Crippen molar-refractivity contribution in [3.63, 3.8) is 0 Å². The van der Waals surface area contributed by atoms with Gasteiger partial charge in [0, 0.05) is 23.7 Å². The Kier molecular flexibility index (Phi) is 7.84. The second-order valence-corrected chi connectivity index (χ2v) is 8.53. The molecular formula is C24H26F3N6O3+. The van der Waals surface area contributed by atoms with Crippen LogP contribution in [0.15, 0.2) is 59.3 Å². The molecule has 36 heavy (non-hydrogen) atoms. The van der Waals surface area contributed by atoms with E-state index in [0.717, 1.165) is 43.6 Å². The van der Waals surface area contributed by atoms with Gasteiger partial charge in [-0.3, -0.25) is 14.6 Å². The predicted molar refractivity (Wildman–Crippen MR) is 124 cm³/mol. The number of hydrogen-bond acceptors (Lipinski definition) is 5. The molecule has 12 heteroatoms. The molecule has 3 amide bonds. The number of nitrogens with one attached hydrogen (secondary N) is 4. The number of halogens is 3. The number of amides is 3. The summed E-state index contributed by atoms with van der Waals surface area (Å²) in [5.74, 6) is -0.239. The van der Waals surface area contributed by atoms with Crippen LogP contribution in [-0.2, 0) is 19.3 Å². The fourth-order valence-corrected chi connectivity index (χ4v) is 3.90. The number of carbonyl (C=O) groups is 2. The molecule has 0 radical (unpaired) electrons. The Morgan fingerprint density at radius 2 is 1.83 bits per heavy atom. The first-order chi connectivity index (χ1) is 17.3. The second kappa shape index (κ2) is 11.2. The zero-order valence-electron chi connectivity index (χ0n) is 19.3. The van der Waals surface area contributed by atoms with E-state index in [1.54, 1.807) is 28.9 Å². The minimum absolute atomic E-state index is 0.0363. The smallest absolute Gasteiger partial charge is 0.348 e. The van der Waals surface area contributed by atoms with E-state index in [0.29, 0.717) is 12.5 Å². The molecule has 3 aromatic rings. The van der Waals surface area contributed by atoms with Gasteiger partial charge in [-0.05, 0) is 49.7 Å². The molecule has 0 atom stereocenters. The number of anilines is 2. The van der Waals surface area contributed by atoms with Gasteiger partial charge in [-0.25, -0.2) is 4.79 Å². The lowest BCUT2D eigenvalue weighted by atomic mass is 9.98. The normalized spacial score (nSPS) is 14.3. The monoisotopic (exact) mass is 503 g/mol. The maximum atomic E-state index is 13.5. The summed E-state index contributed by atoms with van der Waals surface area (Å²) in [5, 5.41) is 14.5. The molecule has 1 saturated heterocycles. The van der Waals surface area contributed by atoms with Gasteiger partial charge in [0.1, 0.15) is 0 Å². The van der Waals surface area contributed by atoms with E-state index < -0.39 is 23.7 Å². The van der Waals surface area contributed by atoms with Gasteiger partial charge in [0.2, 0.25) is 5.27 Å². The van der Waals surface area contributed by atoms with Gasteiger partial charge in [-0.15, -0.1) is 0 Å². The third-order valence-corrected chi connectivity index (χ3v) is 5.73.